The van der Waals surface area contributed by atoms with Crippen LogP contribution in [0, 0.1) is 6.92 Å². The second-order valence-electron chi connectivity index (χ2n) is 8.46. The van der Waals surface area contributed by atoms with Crippen LogP contribution < -0.4 is 5.32 Å². The van der Waals surface area contributed by atoms with Gasteiger partial charge in [-0.2, -0.15) is 5.10 Å². The Morgan fingerprint density at radius 2 is 1.61 bits per heavy atom. The average molecular weight is 411 g/mol. The second-order valence-corrected chi connectivity index (χ2v) is 8.46. The van der Waals surface area contributed by atoms with Crippen molar-refractivity contribution in [3.63, 3.8) is 0 Å². The molecule has 0 amide bonds. The van der Waals surface area contributed by atoms with Crippen molar-refractivity contribution in [3.05, 3.63) is 90.0 Å². The van der Waals surface area contributed by atoms with E-state index in [0.29, 0.717) is 6.04 Å². The Morgan fingerprint density at radius 1 is 0.903 bits per heavy atom. The molecule has 0 spiro atoms. The first-order valence-electron chi connectivity index (χ1n) is 11.3. The maximum Gasteiger partial charge on any atom is 0.100 e. The van der Waals surface area contributed by atoms with Crippen LogP contribution >= 0.6 is 0 Å². The Balaban J connectivity index is 1.48. The van der Waals surface area contributed by atoms with Gasteiger partial charge >= 0.3 is 0 Å². The van der Waals surface area contributed by atoms with E-state index in [1.807, 2.05) is 0 Å². The van der Waals surface area contributed by atoms with Gasteiger partial charge in [-0.25, -0.2) is 0 Å². The minimum atomic E-state index is 0.410. The van der Waals surface area contributed by atoms with Gasteiger partial charge < -0.3 is 5.32 Å². The molecular weight excluding hydrogens is 380 g/mol. The largest absolute Gasteiger partial charge is 0.314 e. The molecule has 5 rings (SSSR count). The molecule has 0 aliphatic carbocycles. The number of piperazine rings is 1. The van der Waals surface area contributed by atoms with Gasteiger partial charge in [-0.1, -0.05) is 72.3 Å². The molecule has 1 aliphatic rings. The highest BCUT2D eigenvalue weighted by Crippen LogP contribution is 2.31. The first kappa shape index (κ1) is 20.0. The molecule has 1 aliphatic heterocycles. The van der Waals surface area contributed by atoms with Crippen LogP contribution in [0.4, 0.5) is 0 Å². The maximum absolute atomic E-state index is 5.10. The third-order valence-electron chi connectivity index (χ3n) is 6.34. The van der Waals surface area contributed by atoms with Gasteiger partial charge in [0, 0.05) is 49.7 Å². The van der Waals surface area contributed by atoms with Crippen LogP contribution in [0.1, 0.15) is 23.6 Å². The Morgan fingerprint density at radius 3 is 2.35 bits per heavy atom. The van der Waals surface area contributed by atoms with E-state index < -0.39 is 0 Å². The van der Waals surface area contributed by atoms with Crippen molar-refractivity contribution in [1.29, 1.82) is 0 Å². The van der Waals surface area contributed by atoms with Crippen LogP contribution in [-0.4, -0.2) is 40.9 Å². The molecule has 158 valence electrons. The molecular formula is C27H30N4. The van der Waals surface area contributed by atoms with E-state index in [1.165, 1.54) is 27.6 Å². The Kier molecular flexibility index (Phi) is 5.83. The zero-order chi connectivity index (χ0) is 21.0. The van der Waals surface area contributed by atoms with Crippen molar-refractivity contribution in [3.8, 4) is 11.3 Å². The average Bonchev–Trinajstić information content (AvgIpc) is 3.19. The Bertz CT molecular complexity index is 1130. The minimum Gasteiger partial charge on any atom is -0.314 e. The summed E-state index contributed by atoms with van der Waals surface area (Å²) >= 11 is 0. The highest BCUT2D eigenvalue weighted by atomic mass is 15.3. The van der Waals surface area contributed by atoms with Gasteiger partial charge in [0.1, 0.15) is 5.69 Å². The van der Waals surface area contributed by atoms with Crippen LogP contribution in [-0.2, 0) is 6.54 Å². The van der Waals surface area contributed by atoms with Gasteiger partial charge in [-0.05, 0) is 31.0 Å². The van der Waals surface area contributed by atoms with Gasteiger partial charge in [0.25, 0.3) is 0 Å². The summed E-state index contributed by atoms with van der Waals surface area (Å²) in [7, 11) is 0. The smallest absolute Gasteiger partial charge is 0.100 e. The van der Waals surface area contributed by atoms with Crippen LogP contribution in [0.3, 0.4) is 0 Å². The Labute approximate surface area is 184 Å². The lowest BCUT2D eigenvalue weighted by atomic mass is 10.0. The molecule has 0 radical (unpaired) electrons. The zero-order valence-corrected chi connectivity index (χ0v) is 18.2. The third kappa shape index (κ3) is 4.27. The summed E-state index contributed by atoms with van der Waals surface area (Å²) < 4.78 is 2.22. The molecule has 0 bridgehead atoms. The zero-order valence-electron chi connectivity index (χ0n) is 18.2. The lowest BCUT2D eigenvalue weighted by Crippen LogP contribution is -2.45. The fourth-order valence-corrected chi connectivity index (χ4v) is 4.75. The molecule has 1 aromatic heterocycles. The summed E-state index contributed by atoms with van der Waals surface area (Å²) in [4.78, 5) is 2.62. The van der Waals surface area contributed by atoms with E-state index in [0.717, 1.165) is 44.8 Å². The third-order valence-corrected chi connectivity index (χ3v) is 6.34. The molecule has 1 saturated heterocycles. The highest BCUT2D eigenvalue weighted by Gasteiger charge is 2.23. The number of benzene rings is 3. The fourth-order valence-electron chi connectivity index (χ4n) is 4.75. The quantitative estimate of drug-likeness (QED) is 0.483. The van der Waals surface area contributed by atoms with E-state index in [-0.39, 0.29) is 0 Å². The van der Waals surface area contributed by atoms with Crippen molar-refractivity contribution in [2.75, 3.05) is 26.2 Å². The van der Waals surface area contributed by atoms with E-state index in [4.69, 9.17) is 5.10 Å². The van der Waals surface area contributed by atoms with Crippen molar-refractivity contribution in [2.24, 2.45) is 0 Å². The molecule has 3 aromatic carbocycles. The van der Waals surface area contributed by atoms with E-state index in [9.17, 15) is 0 Å². The molecule has 0 saturated carbocycles. The highest BCUT2D eigenvalue weighted by molar-refractivity contribution is 5.93. The van der Waals surface area contributed by atoms with E-state index in [2.05, 4.69) is 101 Å². The normalized spacial score (nSPS) is 15.9. The SMILES string of the molecule is Cc1ccc2c(c1)c(-c1ccccc1)nn2CCC(c1ccccc1)N1CCNCC1. The lowest BCUT2D eigenvalue weighted by molar-refractivity contribution is 0.160. The number of nitrogens with zero attached hydrogens (tertiary/aromatic N) is 3. The first-order valence-corrected chi connectivity index (χ1v) is 11.3. The number of rotatable bonds is 6. The number of hydrogen-bond acceptors (Lipinski definition) is 3. The van der Waals surface area contributed by atoms with Gasteiger partial charge in [-0.3, -0.25) is 9.58 Å². The van der Waals surface area contributed by atoms with E-state index >= 15 is 0 Å². The molecule has 2 heterocycles. The lowest BCUT2D eigenvalue weighted by Gasteiger charge is -2.35. The predicted octanol–water partition coefficient (Wildman–Crippen LogP) is 5.05. The number of hydrogen-bond donors (Lipinski definition) is 1. The van der Waals surface area contributed by atoms with Gasteiger partial charge in [0.2, 0.25) is 0 Å². The molecule has 4 aromatic rings. The number of aryl methyl sites for hydroxylation is 2. The summed E-state index contributed by atoms with van der Waals surface area (Å²) in [5.74, 6) is 0. The number of aromatic nitrogens is 2. The Hall–Kier alpha value is -2.95. The van der Waals surface area contributed by atoms with Gasteiger partial charge in [0.15, 0.2) is 0 Å². The van der Waals surface area contributed by atoms with Crippen LogP contribution in [0.25, 0.3) is 22.2 Å². The molecule has 1 fully saturated rings. The van der Waals surface area contributed by atoms with Crippen molar-refractivity contribution in [2.45, 2.75) is 25.9 Å². The summed E-state index contributed by atoms with van der Waals surface area (Å²) in [6.45, 7) is 7.36. The molecule has 1 N–H and O–H groups in total. The minimum absolute atomic E-state index is 0.410. The monoisotopic (exact) mass is 410 g/mol. The first-order chi connectivity index (χ1) is 15.3. The van der Waals surface area contributed by atoms with Crippen LogP contribution in [0.15, 0.2) is 78.9 Å². The van der Waals surface area contributed by atoms with Crippen LogP contribution in [0.5, 0.6) is 0 Å². The molecule has 1 unspecified atom stereocenters. The van der Waals surface area contributed by atoms with Gasteiger partial charge in [0.05, 0.1) is 5.52 Å². The molecule has 31 heavy (non-hydrogen) atoms. The van der Waals surface area contributed by atoms with Crippen molar-refractivity contribution < 1.29 is 0 Å². The van der Waals surface area contributed by atoms with Crippen LogP contribution in [0.2, 0.25) is 0 Å². The number of nitrogens with one attached hydrogen (secondary N) is 1. The summed E-state index contributed by atoms with van der Waals surface area (Å²) in [6.07, 6.45) is 1.04. The van der Waals surface area contributed by atoms with Gasteiger partial charge in [-0.15, -0.1) is 0 Å². The van der Waals surface area contributed by atoms with Crippen molar-refractivity contribution >= 4 is 10.9 Å². The molecule has 4 nitrogen and oxygen atoms in total. The van der Waals surface area contributed by atoms with E-state index in [1.54, 1.807) is 0 Å². The fraction of sp³-hybridized carbons (Fsp3) is 0.296. The topological polar surface area (TPSA) is 33.1 Å². The number of fused-ring (bicyclic) bond motifs is 1. The summed E-state index contributed by atoms with van der Waals surface area (Å²) in [6, 6.07) is 28.6. The second kappa shape index (κ2) is 9.04. The predicted molar refractivity (Wildman–Crippen MR) is 128 cm³/mol. The maximum atomic E-state index is 5.10. The molecule has 1 atom stereocenters. The summed E-state index contributed by atoms with van der Waals surface area (Å²) in [5.41, 5.74) is 6.15. The molecule has 4 heteroatoms. The van der Waals surface area contributed by atoms with Crippen molar-refractivity contribution in [1.82, 2.24) is 20.0 Å². The summed E-state index contributed by atoms with van der Waals surface area (Å²) in [5, 5.41) is 9.82. The standard InChI is InChI=1S/C27H30N4/c1-21-12-13-26-24(20-21)27(23-10-6-3-7-11-23)29-31(26)17-14-25(22-8-4-2-5-9-22)30-18-15-28-16-19-30/h2-13,20,25,28H,14-19H2,1H3.